The van der Waals surface area contributed by atoms with Gasteiger partial charge in [0.05, 0.1) is 17.4 Å². The van der Waals surface area contributed by atoms with Crippen LogP contribution in [-0.2, 0) is 0 Å². The minimum Gasteiger partial charge on any atom is -0.328 e. The molecule has 0 bridgehead atoms. The summed E-state index contributed by atoms with van der Waals surface area (Å²) in [6, 6.07) is 11.9. The van der Waals surface area contributed by atoms with Gasteiger partial charge in [-0.2, -0.15) is 0 Å². The van der Waals surface area contributed by atoms with Gasteiger partial charge >= 0.3 is 0 Å². The Balaban J connectivity index is 0.00000150. The van der Waals surface area contributed by atoms with Crippen LogP contribution in [0.15, 0.2) is 48.7 Å². The minimum atomic E-state index is -0.295. The van der Waals surface area contributed by atoms with Gasteiger partial charge in [0.25, 0.3) is 5.91 Å². The normalized spacial score (nSPS) is 15.9. The van der Waals surface area contributed by atoms with Gasteiger partial charge in [0, 0.05) is 25.8 Å². The third-order valence-corrected chi connectivity index (χ3v) is 5.78. The number of hydrogen-bond donors (Lipinski definition) is 1. The van der Waals surface area contributed by atoms with Crippen molar-refractivity contribution >= 4 is 42.1 Å². The Morgan fingerprint density at radius 3 is 2.79 bits per heavy atom. The molecule has 1 fully saturated rings. The Hall–Kier alpha value is -2.06. The number of aryl methyl sites for hydroxylation is 1. The molecule has 154 valence electrons. The molecule has 1 N–H and O–H groups in total. The number of piperazine rings is 1. The Kier molecular flexibility index (Phi) is 8.10. The summed E-state index contributed by atoms with van der Waals surface area (Å²) in [5, 5.41) is 4.03. The van der Waals surface area contributed by atoms with Gasteiger partial charge in [-0.05, 0) is 36.8 Å². The minimum absolute atomic E-state index is 0. The van der Waals surface area contributed by atoms with Crippen molar-refractivity contribution in [3.05, 3.63) is 70.6 Å². The standard InChI is InChI=1S/C20H19FN4OS.2ClH/c1-13-18(27-19(24-13)16-7-2-3-8-23-16)20(26)25-10-9-22-12-17(25)14-5-4-6-15(21)11-14;;/h2-8,11,17,22H,9-10,12H2,1H3;2*1H. The van der Waals surface area contributed by atoms with Gasteiger partial charge in [0.15, 0.2) is 0 Å². The van der Waals surface area contributed by atoms with Crippen molar-refractivity contribution in [3.63, 3.8) is 0 Å². The molecule has 2 aromatic heterocycles. The average Bonchev–Trinajstić information content (AvgIpc) is 3.10. The van der Waals surface area contributed by atoms with Gasteiger partial charge in [-0.3, -0.25) is 9.78 Å². The molecule has 1 atom stereocenters. The van der Waals surface area contributed by atoms with Crippen LogP contribution in [0.25, 0.3) is 10.7 Å². The molecule has 1 aliphatic rings. The Labute approximate surface area is 185 Å². The van der Waals surface area contributed by atoms with Crippen molar-refractivity contribution in [2.75, 3.05) is 19.6 Å². The summed E-state index contributed by atoms with van der Waals surface area (Å²) in [6.07, 6.45) is 1.71. The van der Waals surface area contributed by atoms with Crippen LogP contribution < -0.4 is 5.32 Å². The van der Waals surface area contributed by atoms with E-state index in [4.69, 9.17) is 0 Å². The first-order valence-electron chi connectivity index (χ1n) is 8.79. The van der Waals surface area contributed by atoms with Gasteiger partial charge in [-0.1, -0.05) is 18.2 Å². The highest BCUT2D eigenvalue weighted by molar-refractivity contribution is 7.17. The molecule has 1 aromatic carbocycles. The number of carbonyl (C=O) groups excluding carboxylic acids is 1. The first-order chi connectivity index (χ1) is 13.1. The van der Waals surface area contributed by atoms with Gasteiger partial charge in [-0.15, -0.1) is 36.2 Å². The topological polar surface area (TPSA) is 58.1 Å². The van der Waals surface area contributed by atoms with Crippen molar-refractivity contribution < 1.29 is 9.18 Å². The number of nitrogens with zero attached hydrogens (tertiary/aromatic N) is 3. The average molecular weight is 455 g/mol. The molecule has 3 heterocycles. The van der Waals surface area contributed by atoms with Crippen molar-refractivity contribution in [1.29, 1.82) is 0 Å². The molecule has 29 heavy (non-hydrogen) atoms. The summed E-state index contributed by atoms with van der Waals surface area (Å²) in [5.41, 5.74) is 2.25. The van der Waals surface area contributed by atoms with E-state index in [0.717, 1.165) is 16.3 Å². The number of carbonyl (C=O) groups is 1. The number of thiazole rings is 1. The summed E-state index contributed by atoms with van der Waals surface area (Å²) in [6.45, 7) is 3.72. The van der Waals surface area contributed by atoms with E-state index in [1.165, 1.54) is 23.5 Å². The van der Waals surface area contributed by atoms with Gasteiger partial charge in [0.2, 0.25) is 0 Å². The fraction of sp³-hybridized carbons (Fsp3) is 0.250. The first kappa shape index (κ1) is 23.2. The molecule has 9 heteroatoms. The third-order valence-electron chi connectivity index (χ3n) is 4.61. The van der Waals surface area contributed by atoms with E-state index in [-0.39, 0.29) is 42.6 Å². The number of benzene rings is 1. The van der Waals surface area contributed by atoms with Crippen LogP contribution in [0.1, 0.15) is 27.0 Å². The summed E-state index contributed by atoms with van der Waals surface area (Å²) in [7, 11) is 0. The highest BCUT2D eigenvalue weighted by atomic mass is 35.5. The number of rotatable bonds is 3. The molecular weight excluding hydrogens is 434 g/mol. The molecule has 1 aliphatic heterocycles. The zero-order valence-corrected chi connectivity index (χ0v) is 18.1. The molecule has 1 saturated heterocycles. The molecule has 1 amide bonds. The van der Waals surface area contributed by atoms with Crippen LogP contribution in [0.2, 0.25) is 0 Å². The van der Waals surface area contributed by atoms with Crippen LogP contribution in [-0.4, -0.2) is 40.4 Å². The van der Waals surface area contributed by atoms with Crippen LogP contribution in [0.4, 0.5) is 4.39 Å². The fourth-order valence-electron chi connectivity index (χ4n) is 3.28. The molecule has 0 radical (unpaired) electrons. The maximum absolute atomic E-state index is 13.7. The second kappa shape index (κ2) is 10.1. The second-order valence-electron chi connectivity index (χ2n) is 6.42. The molecule has 0 aliphatic carbocycles. The zero-order chi connectivity index (χ0) is 18.8. The SMILES string of the molecule is Cc1nc(-c2ccccn2)sc1C(=O)N1CCNCC1c1cccc(F)c1.Cl.Cl. The molecule has 1 unspecified atom stereocenters. The molecular formula is C20H21Cl2FN4OS. The third kappa shape index (κ3) is 4.93. The van der Waals surface area contributed by atoms with Crippen molar-refractivity contribution in [2.45, 2.75) is 13.0 Å². The van der Waals surface area contributed by atoms with Gasteiger partial charge in [-0.25, -0.2) is 9.37 Å². The zero-order valence-electron chi connectivity index (χ0n) is 15.7. The largest absolute Gasteiger partial charge is 0.328 e. The van der Waals surface area contributed by atoms with Crippen molar-refractivity contribution in [3.8, 4) is 10.7 Å². The fourth-order valence-corrected chi connectivity index (χ4v) is 4.28. The summed E-state index contributed by atoms with van der Waals surface area (Å²) >= 11 is 1.36. The quantitative estimate of drug-likeness (QED) is 0.641. The maximum atomic E-state index is 13.7. The predicted octanol–water partition coefficient (Wildman–Crippen LogP) is 4.28. The predicted molar refractivity (Wildman–Crippen MR) is 118 cm³/mol. The number of hydrogen-bond acceptors (Lipinski definition) is 5. The van der Waals surface area contributed by atoms with E-state index in [9.17, 15) is 9.18 Å². The van der Waals surface area contributed by atoms with Crippen molar-refractivity contribution in [1.82, 2.24) is 20.2 Å². The molecule has 3 aromatic rings. The van der Waals surface area contributed by atoms with E-state index in [1.54, 1.807) is 12.3 Å². The Morgan fingerprint density at radius 1 is 1.24 bits per heavy atom. The lowest BCUT2D eigenvalue weighted by atomic mass is 10.0. The maximum Gasteiger partial charge on any atom is 0.266 e. The number of pyridine rings is 1. The summed E-state index contributed by atoms with van der Waals surface area (Å²) in [4.78, 5) is 24.6. The Bertz CT molecular complexity index is 970. The number of halogens is 3. The van der Waals surface area contributed by atoms with Crippen LogP contribution in [0, 0.1) is 12.7 Å². The highest BCUT2D eigenvalue weighted by Crippen LogP contribution is 2.31. The van der Waals surface area contributed by atoms with E-state index in [1.807, 2.05) is 36.1 Å². The number of aromatic nitrogens is 2. The van der Waals surface area contributed by atoms with Crippen LogP contribution in [0.5, 0.6) is 0 Å². The Morgan fingerprint density at radius 2 is 2.07 bits per heavy atom. The first-order valence-corrected chi connectivity index (χ1v) is 9.61. The lowest BCUT2D eigenvalue weighted by Crippen LogP contribution is -2.48. The lowest BCUT2D eigenvalue weighted by Gasteiger charge is -2.36. The van der Waals surface area contributed by atoms with E-state index in [2.05, 4.69) is 15.3 Å². The van der Waals surface area contributed by atoms with E-state index < -0.39 is 0 Å². The second-order valence-corrected chi connectivity index (χ2v) is 7.42. The molecule has 4 rings (SSSR count). The molecule has 5 nitrogen and oxygen atoms in total. The lowest BCUT2D eigenvalue weighted by molar-refractivity contribution is 0.0638. The van der Waals surface area contributed by atoms with E-state index in [0.29, 0.717) is 30.2 Å². The summed E-state index contributed by atoms with van der Waals surface area (Å²) in [5.74, 6) is -0.361. The highest BCUT2D eigenvalue weighted by Gasteiger charge is 2.31. The summed E-state index contributed by atoms with van der Waals surface area (Å²) < 4.78 is 13.7. The van der Waals surface area contributed by atoms with Gasteiger partial charge < -0.3 is 10.2 Å². The van der Waals surface area contributed by atoms with Crippen molar-refractivity contribution in [2.24, 2.45) is 0 Å². The smallest absolute Gasteiger partial charge is 0.266 e. The number of nitrogens with one attached hydrogen (secondary N) is 1. The van der Waals surface area contributed by atoms with E-state index >= 15 is 0 Å². The van der Waals surface area contributed by atoms with Crippen LogP contribution in [0.3, 0.4) is 0 Å². The number of amides is 1. The van der Waals surface area contributed by atoms with Crippen LogP contribution >= 0.6 is 36.2 Å². The monoisotopic (exact) mass is 454 g/mol. The van der Waals surface area contributed by atoms with Gasteiger partial charge in [0.1, 0.15) is 15.7 Å². The molecule has 0 spiro atoms. The molecule has 0 saturated carbocycles.